The average molecular weight is 369 g/mol. The first-order chi connectivity index (χ1) is 12.3. The van der Waals surface area contributed by atoms with Gasteiger partial charge in [0, 0.05) is 29.3 Å². The molecule has 6 nitrogen and oxygen atoms in total. The quantitative estimate of drug-likeness (QED) is 0.753. The molecule has 0 spiro atoms. The van der Waals surface area contributed by atoms with Gasteiger partial charge in [-0.25, -0.2) is 4.98 Å². The molecular formula is C19H19N3O3S. The molecule has 0 saturated carbocycles. The lowest BCUT2D eigenvalue weighted by atomic mass is 9.89. The standard InChI is InChI=1S/C19H19N3O3S/c1-11-10-22-17(24)13(9-20-18(22)26-11)16(23)21-14-8-19(2,3)25-15-7-5-4-6-12(14)15/h4-7,9-10,14H,8H2,1-3H3,(H,21,23)/t14-/m0/s1. The van der Waals surface area contributed by atoms with E-state index in [0.717, 1.165) is 16.2 Å². The molecule has 4 rings (SSSR count). The van der Waals surface area contributed by atoms with Gasteiger partial charge in [0.25, 0.3) is 11.5 Å². The Morgan fingerprint density at radius 3 is 2.96 bits per heavy atom. The Morgan fingerprint density at radius 2 is 2.15 bits per heavy atom. The maximum Gasteiger partial charge on any atom is 0.271 e. The van der Waals surface area contributed by atoms with Crippen molar-refractivity contribution in [2.24, 2.45) is 0 Å². The fourth-order valence-corrected chi connectivity index (χ4v) is 4.10. The molecule has 1 aromatic carbocycles. The molecule has 1 aliphatic rings. The molecule has 0 unspecified atom stereocenters. The van der Waals surface area contributed by atoms with Crippen LogP contribution in [0.2, 0.25) is 0 Å². The number of aromatic nitrogens is 2. The Morgan fingerprint density at radius 1 is 1.38 bits per heavy atom. The maximum atomic E-state index is 12.8. The summed E-state index contributed by atoms with van der Waals surface area (Å²) in [5.74, 6) is 0.339. The fourth-order valence-electron chi connectivity index (χ4n) is 3.32. The molecule has 3 heterocycles. The highest BCUT2D eigenvalue weighted by atomic mass is 32.1. The molecule has 26 heavy (non-hydrogen) atoms. The van der Waals surface area contributed by atoms with E-state index in [4.69, 9.17) is 4.74 Å². The second-order valence-corrected chi connectivity index (χ2v) is 8.31. The molecule has 0 aliphatic carbocycles. The number of carbonyl (C=O) groups excluding carboxylic acids is 1. The Bertz CT molecular complexity index is 1070. The molecule has 0 radical (unpaired) electrons. The molecule has 1 atom stereocenters. The zero-order chi connectivity index (χ0) is 18.5. The lowest BCUT2D eigenvalue weighted by Crippen LogP contribution is -2.42. The number of aryl methyl sites for hydroxylation is 1. The van der Waals surface area contributed by atoms with Crippen LogP contribution in [-0.2, 0) is 0 Å². The predicted octanol–water partition coefficient (Wildman–Crippen LogP) is 3.10. The van der Waals surface area contributed by atoms with Gasteiger partial charge in [-0.2, -0.15) is 0 Å². The van der Waals surface area contributed by atoms with Gasteiger partial charge in [-0.05, 0) is 26.8 Å². The highest BCUT2D eigenvalue weighted by Gasteiger charge is 2.34. The molecule has 0 saturated heterocycles. The Kier molecular flexibility index (Phi) is 3.84. The SMILES string of the molecule is Cc1cn2c(=O)c(C(=O)N[C@H]3CC(C)(C)Oc4ccccc43)cnc2s1. The van der Waals surface area contributed by atoms with Crippen LogP contribution in [0, 0.1) is 6.92 Å². The molecule has 3 aromatic rings. The van der Waals surface area contributed by atoms with Crippen molar-refractivity contribution >= 4 is 22.2 Å². The number of hydrogen-bond acceptors (Lipinski definition) is 5. The number of benzene rings is 1. The van der Waals surface area contributed by atoms with E-state index < -0.39 is 11.5 Å². The van der Waals surface area contributed by atoms with Gasteiger partial charge >= 0.3 is 0 Å². The Hall–Kier alpha value is -2.67. The number of rotatable bonds is 2. The molecule has 2 aromatic heterocycles. The van der Waals surface area contributed by atoms with Gasteiger partial charge in [0.05, 0.1) is 6.04 Å². The lowest BCUT2D eigenvalue weighted by Gasteiger charge is -2.37. The van der Waals surface area contributed by atoms with Gasteiger partial charge in [-0.1, -0.05) is 18.2 Å². The number of hydrogen-bond donors (Lipinski definition) is 1. The van der Waals surface area contributed by atoms with Crippen molar-refractivity contribution in [1.29, 1.82) is 0 Å². The molecule has 134 valence electrons. The van der Waals surface area contributed by atoms with Gasteiger partial charge in [-0.3, -0.25) is 14.0 Å². The minimum atomic E-state index is -0.418. The van der Waals surface area contributed by atoms with Crippen LogP contribution in [0.3, 0.4) is 0 Å². The topological polar surface area (TPSA) is 72.7 Å². The van der Waals surface area contributed by atoms with E-state index in [9.17, 15) is 9.59 Å². The van der Waals surface area contributed by atoms with E-state index in [2.05, 4.69) is 10.3 Å². The minimum absolute atomic E-state index is 0.0436. The van der Waals surface area contributed by atoms with Crippen molar-refractivity contribution in [3.05, 3.63) is 63.0 Å². The van der Waals surface area contributed by atoms with Crippen LogP contribution in [0.25, 0.3) is 4.96 Å². The summed E-state index contributed by atoms with van der Waals surface area (Å²) >= 11 is 1.42. The summed E-state index contributed by atoms with van der Waals surface area (Å²) < 4.78 is 7.42. The number of amides is 1. The third-order valence-corrected chi connectivity index (χ3v) is 5.36. The third kappa shape index (κ3) is 2.88. The van der Waals surface area contributed by atoms with Crippen LogP contribution >= 0.6 is 11.3 Å². The monoisotopic (exact) mass is 369 g/mol. The van der Waals surface area contributed by atoms with Crippen molar-refractivity contribution in [3.8, 4) is 5.75 Å². The van der Waals surface area contributed by atoms with Crippen molar-refractivity contribution < 1.29 is 9.53 Å². The van der Waals surface area contributed by atoms with E-state index in [-0.39, 0.29) is 17.2 Å². The zero-order valence-electron chi connectivity index (χ0n) is 14.8. The second kappa shape index (κ2) is 5.95. The molecule has 1 amide bonds. The van der Waals surface area contributed by atoms with Gasteiger partial charge in [-0.15, -0.1) is 11.3 Å². The molecule has 7 heteroatoms. The molecule has 1 aliphatic heterocycles. The maximum absolute atomic E-state index is 12.8. The largest absolute Gasteiger partial charge is 0.487 e. The number of ether oxygens (including phenoxy) is 1. The van der Waals surface area contributed by atoms with E-state index in [1.54, 1.807) is 6.20 Å². The second-order valence-electron chi connectivity index (χ2n) is 7.10. The fraction of sp³-hybridized carbons (Fsp3) is 0.316. The van der Waals surface area contributed by atoms with Crippen molar-refractivity contribution in [2.75, 3.05) is 0 Å². The van der Waals surface area contributed by atoms with Crippen molar-refractivity contribution in [3.63, 3.8) is 0 Å². The number of carbonyl (C=O) groups is 1. The lowest BCUT2D eigenvalue weighted by molar-refractivity contribution is 0.0619. The Balaban J connectivity index is 1.68. The van der Waals surface area contributed by atoms with Crippen LogP contribution in [0.4, 0.5) is 0 Å². The van der Waals surface area contributed by atoms with Crippen LogP contribution in [-0.4, -0.2) is 20.9 Å². The number of fused-ring (bicyclic) bond motifs is 2. The number of para-hydroxylation sites is 1. The summed E-state index contributed by atoms with van der Waals surface area (Å²) in [6.45, 7) is 5.87. The van der Waals surface area contributed by atoms with Crippen molar-refractivity contribution in [2.45, 2.75) is 38.8 Å². The van der Waals surface area contributed by atoms with E-state index in [0.29, 0.717) is 11.4 Å². The first-order valence-electron chi connectivity index (χ1n) is 8.41. The number of nitrogens with zero attached hydrogens (tertiary/aromatic N) is 2. The summed E-state index contributed by atoms with van der Waals surface area (Å²) in [7, 11) is 0. The molecule has 0 bridgehead atoms. The first-order valence-corrected chi connectivity index (χ1v) is 9.22. The summed E-state index contributed by atoms with van der Waals surface area (Å²) in [5, 5.41) is 2.99. The third-order valence-electron chi connectivity index (χ3n) is 4.45. The van der Waals surface area contributed by atoms with Crippen LogP contribution in [0.15, 0.2) is 41.5 Å². The Labute approximate surface area is 154 Å². The van der Waals surface area contributed by atoms with Crippen molar-refractivity contribution in [1.82, 2.24) is 14.7 Å². The van der Waals surface area contributed by atoms with E-state index >= 15 is 0 Å². The molecule has 1 N–H and O–H groups in total. The van der Waals surface area contributed by atoms with Crippen LogP contribution < -0.4 is 15.6 Å². The van der Waals surface area contributed by atoms with Crippen LogP contribution in [0.1, 0.15) is 47.1 Å². The molecular weight excluding hydrogens is 350 g/mol. The van der Waals surface area contributed by atoms with Crippen LogP contribution in [0.5, 0.6) is 5.75 Å². The van der Waals surface area contributed by atoms with E-state index in [1.165, 1.54) is 21.9 Å². The predicted molar refractivity (Wildman–Crippen MR) is 100 cm³/mol. The summed E-state index contributed by atoms with van der Waals surface area (Å²) in [6.07, 6.45) is 3.68. The highest BCUT2D eigenvalue weighted by molar-refractivity contribution is 7.16. The van der Waals surface area contributed by atoms with Gasteiger partial charge in [0.15, 0.2) is 4.96 Å². The first kappa shape index (κ1) is 16.8. The molecule has 0 fully saturated rings. The zero-order valence-corrected chi connectivity index (χ0v) is 15.6. The van der Waals surface area contributed by atoms with Gasteiger partial charge < -0.3 is 10.1 Å². The van der Waals surface area contributed by atoms with Gasteiger partial charge in [0.2, 0.25) is 0 Å². The highest BCUT2D eigenvalue weighted by Crippen LogP contribution is 2.39. The minimum Gasteiger partial charge on any atom is -0.487 e. The summed E-state index contributed by atoms with van der Waals surface area (Å²) in [5.41, 5.74) is 0.202. The summed E-state index contributed by atoms with van der Waals surface area (Å²) in [6, 6.07) is 7.42. The average Bonchev–Trinajstić information content (AvgIpc) is 2.95. The smallest absolute Gasteiger partial charge is 0.271 e. The summed E-state index contributed by atoms with van der Waals surface area (Å²) in [4.78, 5) is 31.2. The number of nitrogens with one attached hydrogen (secondary N) is 1. The van der Waals surface area contributed by atoms with E-state index in [1.807, 2.05) is 45.0 Å². The normalized spacial score (nSPS) is 18.2. The van der Waals surface area contributed by atoms with Gasteiger partial charge in [0.1, 0.15) is 16.9 Å². The number of thiazole rings is 1.